The van der Waals surface area contributed by atoms with Gasteiger partial charge in [-0.05, 0) is 69.8 Å². The fraction of sp³-hybridized carbons (Fsp3) is 0.333. The van der Waals surface area contributed by atoms with Crippen LogP contribution >= 0.6 is 47.8 Å². The Kier molecular flexibility index (Phi) is 24.0. The maximum absolute atomic E-state index is 13.6. The predicted octanol–water partition coefficient (Wildman–Crippen LogP) is 8.51. The first-order valence-electron chi connectivity index (χ1n) is 34.8. The fourth-order valence-corrected chi connectivity index (χ4v) is 17.8. The zero-order valence-electron chi connectivity index (χ0n) is 60.1. The zero-order chi connectivity index (χ0) is 77.8. The summed E-state index contributed by atoms with van der Waals surface area (Å²) in [4.78, 5) is 52.3. The number of ether oxygens (including phenoxy) is 9. The van der Waals surface area contributed by atoms with E-state index >= 15 is 0 Å². The summed E-state index contributed by atoms with van der Waals surface area (Å²) < 4.78 is 53.6. The average molecular weight is 1680 g/mol. The second-order valence-electron chi connectivity index (χ2n) is 26.7. The molecule has 3 saturated carbocycles. The smallest absolute Gasteiger partial charge is 0.310 e. The van der Waals surface area contributed by atoms with Crippen LogP contribution in [0.2, 0.25) is 0 Å². The largest absolute Gasteiger partial charge is 0.495 e. The Morgan fingerprint density at radius 1 is 0.422 bits per heavy atom. The van der Waals surface area contributed by atoms with Gasteiger partial charge in [-0.25, -0.2) is 0 Å². The lowest BCUT2D eigenvalue weighted by Crippen LogP contribution is -2.52. The number of hydrogen-bond donors (Lipinski definition) is 10. The number of aliphatic hydroxyl groups is 6. The average Bonchev–Trinajstić information content (AvgIpc) is 1.51. The molecule has 6 aliphatic rings. The Balaban J connectivity index is 0.000000148. The SMILES string of the molecule is COCCN.COCCNC(=O)[C@H]1[C@@H](O)[C@@]2(O)c3c(OC)cncc3O[C@@]2(c2ccc(Br)cc2)[C@@H]1c1ccccc1.COCCNC(=O)[C@H]1[C@@H](O)[C@@]2(O)c3c(OC)cncc3O[C@@]2(c2ccc(Br)cc2)[C@@H]1c1ccccc1.COc1cncc2c1[C@]1(O)[C@H](O)[C@H](C(=O)O)[C@@H](c3ccccc3)[C@]1(c1ccc(Br)cc1)O2. The van der Waals surface area contributed by atoms with Gasteiger partial charge >= 0.3 is 5.97 Å². The Bertz CT molecular complexity index is 4490. The summed E-state index contributed by atoms with van der Waals surface area (Å²) in [5.74, 6) is -6.40. The van der Waals surface area contributed by atoms with E-state index in [0.717, 1.165) is 24.5 Å². The lowest BCUT2D eigenvalue weighted by Gasteiger charge is -2.40. The van der Waals surface area contributed by atoms with Crippen molar-refractivity contribution in [2.24, 2.45) is 23.5 Å². The van der Waals surface area contributed by atoms with E-state index in [1.807, 2.05) is 115 Å². The van der Waals surface area contributed by atoms with Gasteiger partial charge in [0.2, 0.25) is 11.8 Å². The molecular weight excluding hydrogens is 1600 g/mol. The number of amides is 2. The molecule has 11 N–H and O–H groups in total. The van der Waals surface area contributed by atoms with Crippen LogP contribution in [0.3, 0.4) is 0 Å². The Labute approximate surface area is 654 Å². The van der Waals surface area contributed by atoms with E-state index < -0.39 is 105 Å². The van der Waals surface area contributed by atoms with Crippen LogP contribution in [0.1, 0.15) is 67.8 Å². The molecule has 0 radical (unpaired) electrons. The molecule has 3 aliphatic heterocycles. The Hall–Kier alpha value is -8.98. The van der Waals surface area contributed by atoms with Gasteiger partial charge in [-0.15, -0.1) is 0 Å². The highest BCUT2D eigenvalue weighted by Crippen LogP contribution is 2.73. The number of carbonyl (C=O) groups excluding carboxylic acids is 2. The van der Waals surface area contributed by atoms with E-state index in [9.17, 15) is 50.1 Å². The molecule has 0 spiro atoms. The first-order chi connectivity index (χ1) is 52.6. The van der Waals surface area contributed by atoms with Crippen molar-refractivity contribution in [3.63, 3.8) is 0 Å². The molecule has 28 heteroatoms. The zero-order valence-corrected chi connectivity index (χ0v) is 64.8. The lowest BCUT2D eigenvalue weighted by atomic mass is 9.70. The summed E-state index contributed by atoms with van der Waals surface area (Å²) in [6.45, 7) is 2.43. The van der Waals surface area contributed by atoms with Crippen molar-refractivity contribution < 1.29 is 92.8 Å². The quantitative estimate of drug-likeness (QED) is 0.0319. The second-order valence-corrected chi connectivity index (χ2v) is 29.5. The maximum atomic E-state index is 13.6. The number of carboxylic acids is 1. The fourth-order valence-electron chi connectivity index (χ4n) is 17.0. The molecule has 572 valence electrons. The number of carbonyl (C=O) groups is 3. The number of aromatic nitrogens is 3. The molecule has 15 atom stereocenters. The highest BCUT2D eigenvalue weighted by Gasteiger charge is 2.81. The number of nitrogens with zero attached hydrogens (tertiary/aromatic N) is 3. The van der Waals surface area contributed by atoms with Gasteiger partial charge in [0.15, 0.2) is 33.6 Å². The van der Waals surface area contributed by atoms with Crippen LogP contribution in [0.5, 0.6) is 34.5 Å². The highest BCUT2D eigenvalue weighted by molar-refractivity contribution is 9.11. The second kappa shape index (κ2) is 32.9. The minimum atomic E-state index is -2.12. The Morgan fingerprint density at radius 2 is 0.697 bits per heavy atom. The van der Waals surface area contributed by atoms with E-state index in [1.54, 1.807) is 69.9 Å². The monoisotopic (exact) mass is 1680 g/mol. The van der Waals surface area contributed by atoms with Crippen molar-refractivity contribution in [1.82, 2.24) is 25.6 Å². The third-order valence-electron chi connectivity index (χ3n) is 21.4. The lowest BCUT2D eigenvalue weighted by molar-refractivity contribution is -0.159. The minimum Gasteiger partial charge on any atom is -0.495 e. The van der Waals surface area contributed by atoms with Crippen molar-refractivity contribution in [2.75, 3.05) is 82.1 Å². The summed E-state index contributed by atoms with van der Waals surface area (Å²) in [6.07, 6.45) is 4.02. The van der Waals surface area contributed by atoms with Gasteiger partial charge in [-0.2, -0.15) is 0 Å². The molecule has 0 unspecified atom stereocenters. The van der Waals surface area contributed by atoms with E-state index in [0.29, 0.717) is 48.6 Å². The van der Waals surface area contributed by atoms with Crippen molar-refractivity contribution in [3.8, 4) is 34.5 Å². The van der Waals surface area contributed by atoms with Crippen molar-refractivity contribution >= 4 is 65.6 Å². The van der Waals surface area contributed by atoms with E-state index in [1.165, 1.54) is 58.5 Å². The highest BCUT2D eigenvalue weighted by atomic mass is 79.9. The number of aliphatic hydroxyl groups excluding tert-OH is 3. The van der Waals surface area contributed by atoms with Crippen molar-refractivity contribution in [3.05, 3.63) is 264 Å². The number of nitrogens with one attached hydrogen (secondary N) is 2. The van der Waals surface area contributed by atoms with Crippen LogP contribution in [0.15, 0.2) is 214 Å². The first kappa shape index (κ1) is 79.6. The maximum Gasteiger partial charge on any atom is 0.310 e. The standard InChI is InChI=1S/2C27H27BrN2O6.C24H20BrNO6.C3H9NO/c2*1-34-13-12-30-25(32)21-22(16-6-4-3-5-7-16)27(17-8-10-18(28)11-9-17)26(33,24(21)31)23-19(35-2)14-29-15-20(23)36-27;1-31-16-11-26-12-17-20(16)23(30)21(27)18(22(28)29)19(13-5-3-2-4-6-13)24(23,32-17)14-7-9-15(25)10-8-14;1-5-3-2-4/h2*3-11,14-15,21-22,24,31,33H,12-13H2,1-2H3,(H,30,32);2-12,18-19,21,27,30H,1H3,(H,28,29);2-4H2,1H3/t2*21-,22-,24-,26+,27+;18-,19-,21-,23+,24+;/m111./s1. The predicted molar refractivity (Wildman–Crippen MR) is 408 cm³/mol. The molecule has 9 aromatic rings. The molecule has 15 rings (SSSR count). The number of fused-ring (bicyclic) bond motifs is 9. The molecule has 2 amide bonds. The molecule has 3 fully saturated rings. The summed E-state index contributed by atoms with van der Waals surface area (Å²) in [5.41, 5.74) is -1.38. The third kappa shape index (κ3) is 13.1. The molecule has 0 bridgehead atoms. The van der Waals surface area contributed by atoms with Crippen LogP contribution in [0, 0.1) is 17.8 Å². The van der Waals surface area contributed by atoms with Gasteiger partial charge in [0.05, 0.1) is 113 Å². The molecule has 25 nitrogen and oxygen atoms in total. The van der Waals surface area contributed by atoms with Gasteiger partial charge in [0.1, 0.15) is 52.8 Å². The number of methoxy groups -OCH3 is 6. The number of aliphatic carboxylic acids is 1. The topological polar surface area (TPSA) is 365 Å². The molecule has 3 aromatic heterocycles. The van der Waals surface area contributed by atoms with E-state index in [4.69, 9.17) is 43.6 Å². The normalized spacial score (nSPS) is 27.9. The van der Waals surface area contributed by atoms with E-state index in [2.05, 4.69) is 78.1 Å². The van der Waals surface area contributed by atoms with Crippen molar-refractivity contribution in [2.45, 2.75) is 69.7 Å². The minimum absolute atomic E-state index is 0.190. The summed E-state index contributed by atoms with van der Waals surface area (Å²) >= 11 is 10.4. The number of rotatable bonds is 20. The number of hydrogen-bond acceptors (Lipinski definition) is 22. The number of benzene rings is 6. The molecule has 6 aromatic carbocycles. The summed E-state index contributed by atoms with van der Waals surface area (Å²) in [5, 5.41) is 88.8. The third-order valence-corrected chi connectivity index (χ3v) is 22.9. The van der Waals surface area contributed by atoms with Gasteiger partial charge in [0.25, 0.3) is 0 Å². The number of carboxylic acid groups (broad SMARTS) is 1. The van der Waals surface area contributed by atoms with Crippen LogP contribution in [-0.4, -0.2) is 169 Å². The summed E-state index contributed by atoms with van der Waals surface area (Å²) in [7, 11) is 9.07. The summed E-state index contributed by atoms with van der Waals surface area (Å²) in [6, 6.07) is 49.4. The molecular formula is C81H83Br3N6O19. The van der Waals surface area contributed by atoms with Gasteiger partial charge in [0, 0.05) is 72.1 Å². The number of pyridine rings is 3. The molecule has 109 heavy (non-hydrogen) atoms. The van der Waals surface area contributed by atoms with Gasteiger partial charge in [-0.1, -0.05) is 175 Å². The number of halogens is 3. The first-order valence-corrected chi connectivity index (χ1v) is 37.2. The molecule has 6 heterocycles. The van der Waals surface area contributed by atoms with Crippen LogP contribution in [-0.2, 0) is 62.2 Å². The van der Waals surface area contributed by atoms with E-state index in [-0.39, 0.29) is 64.3 Å². The molecule has 3 aliphatic carbocycles. The van der Waals surface area contributed by atoms with Crippen LogP contribution < -0.4 is 44.8 Å². The molecule has 0 saturated heterocycles. The van der Waals surface area contributed by atoms with Crippen molar-refractivity contribution in [1.29, 1.82) is 0 Å². The van der Waals surface area contributed by atoms with Gasteiger partial charge < -0.3 is 94.7 Å². The van der Waals surface area contributed by atoms with Crippen LogP contribution in [0.25, 0.3) is 0 Å². The van der Waals surface area contributed by atoms with Gasteiger partial charge in [-0.3, -0.25) is 29.3 Å². The Morgan fingerprint density at radius 3 is 0.945 bits per heavy atom. The van der Waals surface area contributed by atoms with Crippen LogP contribution in [0.4, 0.5) is 0 Å². The number of nitrogens with two attached hydrogens (primary N) is 1.